The summed E-state index contributed by atoms with van der Waals surface area (Å²) < 4.78 is 5.77. The van der Waals surface area contributed by atoms with Gasteiger partial charge in [0.25, 0.3) is 5.91 Å². The van der Waals surface area contributed by atoms with Crippen molar-refractivity contribution in [2.75, 3.05) is 6.54 Å². The number of halogens is 2. The number of rotatable bonds is 7. The largest absolute Gasteiger partial charge is 0.489 e. The fraction of sp³-hybridized carbons (Fsp3) is 0.100. The molecular weight excluding hydrogens is 403 g/mol. The molecular formula is C20H16Cl2N2O2S. The average Bonchev–Trinajstić information content (AvgIpc) is 3.18. The molecule has 0 unspecified atom stereocenters. The number of hydrogen-bond donors (Lipinski definition) is 1. The zero-order valence-corrected chi connectivity index (χ0v) is 16.6. The second kappa shape index (κ2) is 9.04. The minimum Gasteiger partial charge on any atom is -0.489 e. The smallest absolute Gasteiger partial charge is 0.271 e. The van der Waals surface area contributed by atoms with Crippen molar-refractivity contribution in [3.05, 3.63) is 81.8 Å². The lowest BCUT2D eigenvalue weighted by atomic mass is 10.2. The van der Waals surface area contributed by atoms with E-state index >= 15 is 0 Å². The maximum absolute atomic E-state index is 11.9. The van der Waals surface area contributed by atoms with Gasteiger partial charge in [-0.3, -0.25) is 4.79 Å². The molecule has 3 aromatic rings. The highest BCUT2D eigenvalue weighted by Gasteiger charge is 2.11. The van der Waals surface area contributed by atoms with E-state index in [1.165, 1.54) is 11.3 Å². The van der Waals surface area contributed by atoms with Crippen LogP contribution in [0, 0.1) is 0 Å². The maximum Gasteiger partial charge on any atom is 0.271 e. The average molecular weight is 419 g/mol. The number of ether oxygens (including phenoxy) is 1. The molecule has 0 atom stereocenters. The SMILES string of the molecule is C=CCNC(=O)c1csc(-c2ccc(OCc3ccc(Cl)c(Cl)c3)cc2)n1. The first-order valence-electron chi connectivity index (χ1n) is 8.08. The van der Waals surface area contributed by atoms with E-state index in [9.17, 15) is 4.79 Å². The highest BCUT2D eigenvalue weighted by atomic mass is 35.5. The highest BCUT2D eigenvalue weighted by molar-refractivity contribution is 7.13. The van der Waals surface area contributed by atoms with E-state index in [1.807, 2.05) is 30.3 Å². The molecule has 0 bridgehead atoms. The molecule has 0 aliphatic heterocycles. The number of nitrogens with one attached hydrogen (secondary N) is 1. The number of carbonyl (C=O) groups is 1. The lowest BCUT2D eigenvalue weighted by molar-refractivity contribution is 0.0954. The summed E-state index contributed by atoms with van der Waals surface area (Å²) >= 11 is 13.3. The van der Waals surface area contributed by atoms with Crippen molar-refractivity contribution in [1.29, 1.82) is 0 Å². The van der Waals surface area contributed by atoms with Crippen LogP contribution in [-0.2, 0) is 6.61 Å². The first kappa shape index (κ1) is 19.4. The summed E-state index contributed by atoms with van der Waals surface area (Å²) in [6.07, 6.45) is 1.63. The Bertz CT molecular complexity index is 955. The number of benzene rings is 2. The molecule has 7 heteroatoms. The van der Waals surface area contributed by atoms with E-state index in [2.05, 4.69) is 16.9 Å². The first-order valence-corrected chi connectivity index (χ1v) is 9.72. The fourth-order valence-electron chi connectivity index (χ4n) is 2.26. The molecule has 0 saturated heterocycles. The van der Waals surface area contributed by atoms with Gasteiger partial charge in [-0.25, -0.2) is 4.98 Å². The molecule has 0 aliphatic carbocycles. The normalized spacial score (nSPS) is 10.4. The topological polar surface area (TPSA) is 51.2 Å². The summed E-state index contributed by atoms with van der Waals surface area (Å²) in [5.41, 5.74) is 2.25. The zero-order chi connectivity index (χ0) is 19.2. The van der Waals surface area contributed by atoms with Crippen LogP contribution in [0.1, 0.15) is 16.1 Å². The van der Waals surface area contributed by atoms with Gasteiger partial charge in [0, 0.05) is 17.5 Å². The number of hydrogen-bond acceptors (Lipinski definition) is 4. The molecule has 0 spiro atoms. The van der Waals surface area contributed by atoms with Crippen molar-refractivity contribution >= 4 is 40.4 Å². The van der Waals surface area contributed by atoms with Crippen molar-refractivity contribution in [1.82, 2.24) is 10.3 Å². The van der Waals surface area contributed by atoms with Crippen LogP contribution >= 0.6 is 34.5 Å². The van der Waals surface area contributed by atoms with Crippen LogP contribution < -0.4 is 10.1 Å². The van der Waals surface area contributed by atoms with Crippen LogP contribution in [-0.4, -0.2) is 17.4 Å². The third-order valence-corrected chi connectivity index (χ3v) is 5.26. The highest BCUT2D eigenvalue weighted by Crippen LogP contribution is 2.27. The minimum absolute atomic E-state index is 0.209. The summed E-state index contributed by atoms with van der Waals surface area (Å²) in [6, 6.07) is 13.0. The first-order chi connectivity index (χ1) is 13.1. The Kier molecular flexibility index (Phi) is 6.50. The van der Waals surface area contributed by atoms with Crippen molar-refractivity contribution in [3.63, 3.8) is 0 Å². The van der Waals surface area contributed by atoms with Crippen molar-refractivity contribution in [2.24, 2.45) is 0 Å². The predicted octanol–water partition coefficient (Wildman–Crippen LogP) is 5.61. The predicted molar refractivity (Wildman–Crippen MR) is 111 cm³/mol. The summed E-state index contributed by atoms with van der Waals surface area (Å²) in [6.45, 7) is 4.38. The lowest BCUT2D eigenvalue weighted by Crippen LogP contribution is -2.23. The van der Waals surface area contributed by atoms with E-state index in [4.69, 9.17) is 27.9 Å². The number of nitrogens with zero attached hydrogens (tertiary/aromatic N) is 1. The van der Waals surface area contributed by atoms with Gasteiger partial charge >= 0.3 is 0 Å². The minimum atomic E-state index is -0.209. The molecule has 1 amide bonds. The molecule has 0 radical (unpaired) electrons. The van der Waals surface area contributed by atoms with Crippen LogP contribution in [0.3, 0.4) is 0 Å². The van der Waals surface area contributed by atoms with Crippen LogP contribution in [0.25, 0.3) is 10.6 Å². The molecule has 1 N–H and O–H groups in total. The third-order valence-electron chi connectivity index (χ3n) is 3.63. The van der Waals surface area contributed by atoms with E-state index in [1.54, 1.807) is 23.6 Å². The van der Waals surface area contributed by atoms with Crippen molar-refractivity contribution < 1.29 is 9.53 Å². The fourth-order valence-corrected chi connectivity index (χ4v) is 3.38. The molecule has 27 heavy (non-hydrogen) atoms. The second-order valence-electron chi connectivity index (χ2n) is 5.60. The van der Waals surface area contributed by atoms with Gasteiger partial charge in [-0.15, -0.1) is 17.9 Å². The van der Waals surface area contributed by atoms with Gasteiger partial charge in [0.15, 0.2) is 0 Å². The lowest BCUT2D eigenvalue weighted by Gasteiger charge is -2.07. The Balaban J connectivity index is 1.63. The maximum atomic E-state index is 11.9. The third kappa shape index (κ3) is 5.10. The molecule has 138 valence electrons. The standard InChI is InChI=1S/C20H16Cl2N2O2S/c1-2-9-23-19(25)18-12-27-20(24-18)14-4-6-15(7-5-14)26-11-13-3-8-16(21)17(22)10-13/h2-8,10,12H,1,9,11H2,(H,23,25). The van der Waals surface area contributed by atoms with Gasteiger partial charge in [-0.05, 0) is 42.0 Å². The number of amides is 1. The van der Waals surface area contributed by atoms with Crippen molar-refractivity contribution in [3.8, 4) is 16.3 Å². The summed E-state index contributed by atoms with van der Waals surface area (Å²) in [7, 11) is 0. The molecule has 1 aromatic heterocycles. The van der Waals surface area contributed by atoms with Crippen LogP contribution in [0.2, 0.25) is 10.0 Å². The van der Waals surface area contributed by atoms with E-state index < -0.39 is 0 Å². The van der Waals surface area contributed by atoms with E-state index in [-0.39, 0.29) is 5.91 Å². The Morgan fingerprint density at radius 1 is 1.19 bits per heavy atom. The molecule has 0 fully saturated rings. The molecule has 2 aromatic carbocycles. The van der Waals surface area contributed by atoms with Gasteiger partial charge in [-0.2, -0.15) is 0 Å². The molecule has 0 saturated carbocycles. The monoisotopic (exact) mass is 418 g/mol. The van der Waals surface area contributed by atoms with Gasteiger partial charge in [-0.1, -0.05) is 35.3 Å². The Hall–Kier alpha value is -2.34. The number of carbonyl (C=O) groups excluding carboxylic acids is 1. The van der Waals surface area contributed by atoms with Crippen molar-refractivity contribution in [2.45, 2.75) is 6.61 Å². The summed E-state index contributed by atoms with van der Waals surface area (Å²) in [4.78, 5) is 16.3. The number of thiazole rings is 1. The quantitative estimate of drug-likeness (QED) is 0.507. The summed E-state index contributed by atoms with van der Waals surface area (Å²) in [5.74, 6) is 0.518. The molecule has 3 rings (SSSR count). The molecule has 1 heterocycles. The van der Waals surface area contributed by atoms with Gasteiger partial charge in [0.1, 0.15) is 23.1 Å². The summed E-state index contributed by atoms with van der Waals surface area (Å²) in [5, 5.41) is 6.25. The van der Waals surface area contributed by atoms with Gasteiger partial charge in [0.2, 0.25) is 0 Å². The van der Waals surface area contributed by atoms with E-state index in [0.717, 1.165) is 21.9 Å². The van der Waals surface area contributed by atoms with Crippen LogP contribution in [0.4, 0.5) is 0 Å². The van der Waals surface area contributed by atoms with E-state index in [0.29, 0.717) is 28.9 Å². The number of aromatic nitrogens is 1. The van der Waals surface area contributed by atoms with Crippen LogP contribution in [0.15, 0.2) is 60.5 Å². The van der Waals surface area contributed by atoms with Gasteiger partial charge < -0.3 is 10.1 Å². The zero-order valence-electron chi connectivity index (χ0n) is 14.2. The van der Waals surface area contributed by atoms with Crippen LogP contribution in [0.5, 0.6) is 5.75 Å². The molecule has 0 aliphatic rings. The second-order valence-corrected chi connectivity index (χ2v) is 7.27. The Morgan fingerprint density at radius 2 is 1.96 bits per heavy atom. The van der Waals surface area contributed by atoms with Gasteiger partial charge in [0.05, 0.1) is 10.0 Å². The Morgan fingerprint density at radius 3 is 2.67 bits per heavy atom. The Labute approximate surface area is 171 Å². The molecule has 4 nitrogen and oxygen atoms in total.